The first kappa shape index (κ1) is 11.1. The van der Waals surface area contributed by atoms with Crippen LogP contribution in [-0.4, -0.2) is 27.3 Å². The van der Waals surface area contributed by atoms with Gasteiger partial charge in [-0.3, -0.25) is 0 Å². The first-order chi connectivity index (χ1) is 6.56. The first-order valence-corrected chi connectivity index (χ1v) is 4.60. The second kappa shape index (κ2) is 4.50. The lowest BCUT2D eigenvalue weighted by atomic mass is 10.0. The van der Waals surface area contributed by atoms with Crippen LogP contribution in [-0.2, 0) is 0 Å². The second-order valence-electron chi connectivity index (χ2n) is 2.98. The Balaban J connectivity index is 2.99. The van der Waals surface area contributed by atoms with Crippen molar-refractivity contribution in [1.29, 1.82) is 0 Å². The van der Waals surface area contributed by atoms with Crippen molar-refractivity contribution in [3.8, 4) is 5.75 Å². The number of phenols is 1. The van der Waals surface area contributed by atoms with Gasteiger partial charge in [0.05, 0.1) is 12.0 Å². The third kappa shape index (κ3) is 2.29. The number of aromatic hydroxyl groups is 1. The highest BCUT2D eigenvalue weighted by molar-refractivity contribution is 6.18. The fraction of sp³-hybridized carbons (Fsp3) is 0.333. The second-order valence-corrected chi connectivity index (χ2v) is 3.29. The van der Waals surface area contributed by atoms with E-state index in [1.165, 1.54) is 18.2 Å². The van der Waals surface area contributed by atoms with E-state index in [-0.39, 0.29) is 17.2 Å². The number of nitrogen functional groups attached to an aromatic ring is 1. The average Bonchev–Trinajstić information content (AvgIpc) is 2.19. The van der Waals surface area contributed by atoms with E-state index >= 15 is 0 Å². The molecule has 1 aromatic rings. The summed E-state index contributed by atoms with van der Waals surface area (Å²) in [5, 5.41) is 28.2. The van der Waals surface area contributed by atoms with Crippen LogP contribution in [0.4, 0.5) is 5.69 Å². The summed E-state index contributed by atoms with van der Waals surface area (Å²) in [5.41, 5.74) is 6.05. The van der Waals surface area contributed by atoms with Crippen LogP contribution in [0.25, 0.3) is 0 Å². The summed E-state index contributed by atoms with van der Waals surface area (Å²) in [6.07, 6.45) is -2.35. The lowest BCUT2D eigenvalue weighted by Gasteiger charge is -2.17. The molecule has 1 rings (SSSR count). The van der Waals surface area contributed by atoms with Crippen molar-refractivity contribution >= 4 is 17.3 Å². The third-order valence-corrected chi connectivity index (χ3v) is 2.21. The zero-order chi connectivity index (χ0) is 10.7. The van der Waals surface area contributed by atoms with Crippen LogP contribution in [0.5, 0.6) is 5.75 Å². The minimum Gasteiger partial charge on any atom is -0.508 e. The number of benzene rings is 1. The number of phenolic OH excluding ortho intramolecular Hbond substituents is 1. The molecule has 2 unspecified atom stereocenters. The maximum Gasteiger partial charge on any atom is 0.121 e. The van der Waals surface area contributed by atoms with Gasteiger partial charge in [0, 0.05) is 11.3 Å². The van der Waals surface area contributed by atoms with E-state index in [1.807, 2.05) is 0 Å². The number of aliphatic hydroxyl groups is 2. The summed E-state index contributed by atoms with van der Waals surface area (Å²) in [4.78, 5) is 0. The number of halogens is 1. The molecule has 78 valence electrons. The minimum atomic E-state index is -1.23. The van der Waals surface area contributed by atoms with Crippen molar-refractivity contribution in [2.75, 3.05) is 11.6 Å². The zero-order valence-electron chi connectivity index (χ0n) is 7.39. The first-order valence-electron chi connectivity index (χ1n) is 4.06. The van der Waals surface area contributed by atoms with E-state index in [1.54, 1.807) is 0 Å². The number of hydrogen-bond acceptors (Lipinski definition) is 4. The number of aliphatic hydroxyl groups excluding tert-OH is 2. The van der Waals surface area contributed by atoms with Crippen LogP contribution in [0.3, 0.4) is 0 Å². The molecule has 0 fully saturated rings. The van der Waals surface area contributed by atoms with Gasteiger partial charge in [0.2, 0.25) is 0 Å². The Kier molecular flexibility index (Phi) is 3.57. The van der Waals surface area contributed by atoms with Gasteiger partial charge in [-0.2, -0.15) is 0 Å². The van der Waals surface area contributed by atoms with E-state index in [2.05, 4.69) is 0 Å². The fourth-order valence-electron chi connectivity index (χ4n) is 1.10. The summed E-state index contributed by atoms with van der Waals surface area (Å²) in [7, 11) is 0. The molecule has 0 radical (unpaired) electrons. The van der Waals surface area contributed by atoms with Gasteiger partial charge in [-0.15, -0.1) is 11.6 Å². The molecule has 4 nitrogen and oxygen atoms in total. The number of rotatable bonds is 3. The molecule has 0 saturated heterocycles. The molecule has 0 aliphatic rings. The Labute approximate surface area is 86.6 Å². The van der Waals surface area contributed by atoms with Gasteiger partial charge in [0.15, 0.2) is 0 Å². The number of nitrogens with two attached hydrogens (primary N) is 1. The summed E-state index contributed by atoms with van der Waals surface area (Å²) in [6.45, 7) is 0. The average molecular weight is 218 g/mol. The highest BCUT2D eigenvalue weighted by Crippen LogP contribution is 2.28. The van der Waals surface area contributed by atoms with Gasteiger partial charge in [-0.1, -0.05) is 0 Å². The van der Waals surface area contributed by atoms with Crippen molar-refractivity contribution in [1.82, 2.24) is 0 Å². The summed E-state index contributed by atoms with van der Waals surface area (Å²) >= 11 is 5.37. The van der Waals surface area contributed by atoms with Crippen molar-refractivity contribution in [2.24, 2.45) is 0 Å². The molecule has 0 heterocycles. The van der Waals surface area contributed by atoms with Gasteiger partial charge in [0.1, 0.15) is 11.9 Å². The SMILES string of the molecule is Nc1ccc(O)c(C(O)C(O)CCl)c1. The van der Waals surface area contributed by atoms with Crippen LogP contribution in [0.1, 0.15) is 11.7 Å². The van der Waals surface area contributed by atoms with Crippen LogP contribution >= 0.6 is 11.6 Å². The molecule has 2 atom stereocenters. The fourth-order valence-corrected chi connectivity index (χ4v) is 1.27. The molecular weight excluding hydrogens is 206 g/mol. The molecule has 0 bridgehead atoms. The summed E-state index contributed by atoms with van der Waals surface area (Å²) < 4.78 is 0. The van der Waals surface area contributed by atoms with Gasteiger partial charge in [-0.05, 0) is 18.2 Å². The Morgan fingerprint density at radius 3 is 2.57 bits per heavy atom. The van der Waals surface area contributed by atoms with Crippen LogP contribution in [0, 0.1) is 0 Å². The third-order valence-electron chi connectivity index (χ3n) is 1.89. The molecule has 5 heteroatoms. The molecule has 14 heavy (non-hydrogen) atoms. The van der Waals surface area contributed by atoms with Crippen molar-refractivity contribution in [2.45, 2.75) is 12.2 Å². The Morgan fingerprint density at radius 1 is 1.36 bits per heavy atom. The smallest absolute Gasteiger partial charge is 0.121 e. The van der Waals surface area contributed by atoms with E-state index < -0.39 is 12.2 Å². The molecule has 0 aliphatic carbocycles. The molecule has 0 saturated carbocycles. The van der Waals surface area contributed by atoms with Crippen molar-refractivity contribution in [3.63, 3.8) is 0 Å². The van der Waals surface area contributed by atoms with Gasteiger partial charge < -0.3 is 21.1 Å². The van der Waals surface area contributed by atoms with E-state index in [9.17, 15) is 15.3 Å². The summed E-state index contributed by atoms with van der Waals surface area (Å²) in [5.74, 6) is -0.231. The number of alkyl halides is 1. The molecule has 0 amide bonds. The molecule has 0 aliphatic heterocycles. The van der Waals surface area contributed by atoms with Gasteiger partial charge in [-0.25, -0.2) is 0 Å². The van der Waals surface area contributed by atoms with E-state index in [0.717, 1.165) is 0 Å². The Bertz CT molecular complexity index is 319. The molecule has 0 spiro atoms. The molecule has 0 aromatic heterocycles. The lowest BCUT2D eigenvalue weighted by molar-refractivity contribution is 0.0313. The topological polar surface area (TPSA) is 86.7 Å². The molecule has 1 aromatic carbocycles. The van der Waals surface area contributed by atoms with Crippen LogP contribution in [0.2, 0.25) is 0 Å². The number of hydrogen-bond donors (Lipinski definition) is 4. The molecule has 5 N–H and O–H groups in total. The van der Waals surface area contributed by atoms with Crippen molar-refractivity contribution in [3.05, 3.63) is 23.8 Å². The largest absolute Gasteiger partial charge is 0.508 e. The Hall–Kier alpha value is -0.970. The standard InChI is InChI=1S/C9H12ClNO3/c10-4-8(13)9(14)6-3-5(11)1-2-7(6)12/h1-3,8-9,12-14H,4,11H2. The van der Waals surface area contributed by atoms with Gasteiger partial charge >= 0.3 is 0 Å². The lowest BCUT2D eigenvalue weighted by Crippen LogP contribution is -2.19. The van der Waals surface area contributed by atoms with Gasteiger partial charge in [0.25, 0.3) is 0 Å². The summed E-state index contributed by atoms with van der Waals surface area (Å²) in [6, 6.07) is 4.25. The van der Waals surface area contributed by atoms with E-state index in [0.29, 0.717) is 5.69 Å². The Morgan fingerprint density at radius 2 is 2.00 bits per heavy atom. The molecular formula is C9H12ClNO3. The maximum absolute atomic E-state index is 9.54. The predicted octanol–water partition coefficient (Wildman–Crippen LogP) is 0.607. The quantitative estimate of drug-likeness (QED) is 0.339. The highest BCUT2D eigenvalue weighted by Gasteiger charge is 2.20. The van der Waals surface area contributed by atoms with Crippen molar-refractivity contribution < 1.29 is 15.3 Å². The normalized spacial score (nSPS) is 15.1. The maximum atomic E-state index is 9.54. The predicted molar refractivity (Wildman–Crippen MR) is 54.2 cm³/mol. The van der Waals surface area contributed by atoms with E-state index in [4.69, 9.17) is 17.3 Å². The highest BCUT2D eigenvalue weighted by atomic mass is 35.5. The zero-order valence-corrected chi connectivity index (χ0v) is 8.15. The van der Waals surface area contributed by atoms with Crippen LogP contribution < -0.4 is 5.73 Å². The number of anilines is 1. The van der Waals surface area contributed by atoms with Crippen LogP contribution in [0.15, 0.2) is 18.2 Å². The minimum absolute atomic E-state index is 0.115. The monoisotopic (exact) mass is 217 g/mol.